The number of rotatable bonds is 9. The highest BCUT2D eigenvalue weighted by Crippen LogP contribution is 2.00. The molecular weight excluding hydrogens is 242 g/mol. The molecular formula is C10H18N3O3S. The third-order valence-corrected chi connectivity index (χ3v) is 2.75. The van der Waals surface area contributed by atoms with Crippen molar-refractivity contribution >= 4 is 29.9 Å². The van der Waals surface area contributed by atoms with Crippen LogP contribution in [0.15, 0.2) is 0 Å². The summed E-state index contributed by atoms with van der Waals surface area (Å²) in [6.45, 7) is 0. The van der Waals surface area contributed by atoms with E-state index in [0.717, 1.165) is 5.75 Å². The average molecular weight is 260 g/mol. The molecule has 0 aromatic heterocycles. The lowest BCUT2D eigenvalue weighted by Crippen LogP contribution is -2.46. The number of nitrogens with one attached hydrogen (secondary N) is 1. The zero-order chi connectivity index (χ0) is 13.3. The fourth-order valence-corrected chi connectivity index (χ4v) is 1.59. The Labute approximate surface area is 105 Å². The van der Waals surface area contributed by atoms with Crippen LogP contribution in [0.2, 0.25) is 0 Å². The van der Waals surface area contributed by atoms with Crippen LogP contribution in [0.25, 0.3) is 0 Å². The van der Waals surface area contributed by atoms with Gasteiger partial charge >= 0.3 is 0 Å². The Bertz CT molecular complexity index is 274. The van der Waals surface area contributed by atoms with Gasteiger partial charge in [0.25, 0.3) is 0 Å². The molecule has 17 heavy (non-hydrogen) atoms. The van der Waals surface area contributed by atoms with Gasteiger partial charge in [0.2, 0.25) is 18.1 Å². The van der Waals surface area contributed by atoms with Crippen molar-refractivity contribution in [1.29, 1.82) is 0 Å². The standard InChI is InChI=1S/C10H18N3O3S/c1-17-5-4-8(11)10(16)13-7(6-14)2-3-9(12)15/h7-8H,2-5,11H2,1H3,(H2,12,15)(H,13,16)/t7-,8-/m0/s1. The summed E-state index contributed by atoms with van der Waals surface area (Å²) in [4.78, 5) is 32.6. The molecule has 0 aromatic rings. The quantitative estimate of drug-likeness (QED) is 0.488. The van der Waals surface area contributed by atoms with Gasteiger partial charge in [-0.25, -0.2) is 0 Å². The maximum absolute atomic E-state index is 11.5. The van der Waals surface area contributed by atoms with Crippen LogP contribution in [-0.4, -0.2) is 42.2 Å². The first kappa shape index (κ1) is 15.9. The van der Waals surface area contributed by atoms with Crippen LogP contribution in [-0.2, 0) is 14.4 Å². The highest BCUT2D eigenvalue weighted by Gasteiger charge is 2.18. The normalized spacial score (nSPS) is 13.8. The maximum atomic E-state index is 11.5. The summed E-state index contributed by atoms with van der Waals surface area (Å²) >= 11 is 1.59. The van der Waals surface area contributed by atoms with Crippen molar-refractivity contribution in [1.82, 2.24) is 5.32 Å². The Kier molecular flexibility index (Phi) is 8.43. The van der Waals surface area contributed by atoms with Crippen molar-refractivity contribution in [2.75, 3.05) is 12.0 Å². The molecule has 0 aromatic carbocycles. The fourth-order valence-electron chi connectivity index (χ4n) is 1.10. The maximum Gasteiger partial charge on any atom is 0.237 e. The lowest BCUT2D eigenvalue weighted by Gasteiger charge is -2.15. The Morgan fingerprint density at radius 2 is 2.06 bits per heavy atom. The fraction of sp³-hybridized carbons (Fsp3) is 0.700. The number of primary amides is 1. The first-order valence-electron chi connectivity index (χ1n) is 5.22. The van der Waals surface area contributed by atoms with Crippen LogP contribution >= 0.6 is 11.8 Å². The predicted octanol–water partition coefficient (Wildman–Crippen LogP) is -1.07. The molecule has 0 heterocycles. The van der Waals surface area contributed by atoms with Gasteiger partial charge in [-0.3, -0.25) is 14.4 Å². The van der Waals surface area contributed by atoms with Gasteiger partial charge in [0, 0.05) is 6.42 Å². The number of nitrogens with two attached hydrogens (primary N) is 2. The summed E-state index contributed by atoms with van der Waals surface area (Å²) in [5.41, 5.74) is 10.6. The molecule has 0 saturated heterocycles. The van der Waals surface area contributed by atoms with E-state index in [1.165, 1.54) is 0 Å². The minimum absolute atomic E-state index is 0.0280. The summed E-state index contributed by atoms with van der Waals surface area (Å²) in [6, 6.07) is -1.47. The van der Waals surface area contributed by atoms with Gasteiger partial charge in [-0.05, 0) is 24.9 Å². The highest BCUT2D eigenvalue weighted by atomic mass is 32.2. The second kappa shape index (κ2) is 9.00. The first-order valence-corrected chi connectivity index (χ1v) is 6.61. The third kappa shape index (κ3) is 7.76. The third-order valence-electron chi connectivity index (χ3n) is 2.11. The second-order valence-electron chi connectivity index (χ2n) is 3.57. The molecule has 0 aliphatic heterocycles. The van der Waals surface area contributed by atoms with Crippen molar-refractivity contribution in [3.05, 3.63) is 0 Å². The van der Waals surface area contributed by atoms with Gasteiger partial charge in [0.05, 0.1) is 12.1 Å². The molecule has 0 aliphatic carbocycles. The minimum Gasteiger partial charge on any atom is -0.370 e. The van der Waals surface area contributed by atoms with Gasteiger partial charge in [-0.15, -0.1) is 0 Å². The highest BCUT2D eigenvalue weighted by molar-refractivity contribution is 7.98. The largest absolute Gasteiger partial charge is 0.370 e. The summed E-state index contributed by atoms with van der Waals surface area (Å²) in [5, 5.41) is 2.43. The number of hydrogen-bond donors (Lipinski definition) is 3. The molecule has 1 radical (unpaired) electrons. The van der Waals surface area contributed by atoms with E-state index in [-0.39, 0.29) is 12.8 Å². The van der Waals surface area contributed by atoms with Crippen LogP contribution in [0, 0.1) is 0 Å². The lowest BCUT2D eigenvalue weighted by atomic mass is 10.1. The van der Waals surface area contributed by atoms with Gasteiger partial charge in [-0.2, -0.15) is 11.8 Å². The van der Waals surface area contributed by atoms with E-state index in [4.69, 9.17) is 11.5 Å². The molecule has 0 bridgehead atoms. The molecule has 2 atom stereocenters. The van der Waals surface area contributed by atoms with Crippen molar-refractivity contribution in [2.45, 2.75) is 31.3 Å². The monoisotopic (exact) mass is 260 g/mol. The van der Waals surface area contributed by atoms with Gasteiger partial charge in [0.1, 0.15) is 0 Å². The Morgan fingerprint density at radius 3 is 2.53 bits per heavy atom. The number of carbonyl (C=O) groups is 2. The van der Waals surface area contributed by atoms with Crippen LogP contribution in [0.5, 0.6) is 0 Å². The first-order chi connectivity index (χ1) is 8.01. The SMILES string of the molecule is CSCC[C@H](N)C(=O)N[C@H]([C]=O)CCC(N)=O. The Morgan fingerprint density at radius 1 is 1.41 bits per heavy atom. The van der Waals surface area contributed by atoms with Gasteiger partial charge < -0.3 is 16.8 Å². The van der Waals surface area contributed by atoms with Gasteiger partial charge in [-0.1, -0.05) is 0 Å². The Hall–Kier alpha value is -1.08. The zero-order valence-corrected chi connectivity index (χ0v) is 10.6. The van der Waals surface area contributed by atoms with Crippen LogP contribution in [0.3, 0.4) is 0 Å². The average Bonchev–Trinajstić information content (AvgIpc) is 2.30. The van der Waals surface area contributed by atoms with E-state index >= 15 is 0 Å². The van der Waals surface area contributed by atoms with E-state index in [9.17, 15) is 14.4 Å². The smallest absolute Gasteiger partial charge is 0.237 e. The minimum atomic E-state index is -0.824. The van der Waals surface area contributed by atoms with Crippen LogP contribution in [0.4, 0.5) is 0 Å². The molecule has 2 amide bonds. The summed E-state index contributed by atoms with van der Waals surface area (Å²) < 4.78 is 0. The molecule has 7 heteroatoms. The lowest BCUT2D eigenvalue weighted by molar-refractivity contribution is -0.123. The molecule has 97 valence electrons. The van der Waals surface area contributed by atoms with E-state index in [1.807, 2.05) is 6.26 Å². The van der Waals surface area contributed by atoms with Crippen LogP contribution in [0.1, 0.15) is 19.3 Å². The molecule has 0 aliphatic rings. The summed E-state index contributed by atoms with van der Waals surface area (Å²) in [6.07, 6.45) is 4.28. The molecule has 0 spiro atoms. The van der Waals surface area contributed by atoms with E-state index in [0.29, 0.717) is 6.42 Å². The Balaban J connectivity index is 4.04. The zero-order valence-electron chi connectivity index (χ0n) is 9.77. The second-order valence-corrected chi connectivity index (χ2v) is 4.56. The summed E-state index contributed by atoms with van der Waals surface area (Å²) in [7, 11) is 0. The molecule has 0 saturated carbocycles. The van der Waals surface area contributed by atoms with Crippen molar-refractivity contribution in [3.63, 3.8) is 0 Å². The topological polar surface area (TPSA) is 115 Å². The van der Waals surface area contributed by atoms with E-state index in [2.05, 4.69) is 5.32 Å². The molecule has 0 fully saturated rings. The van der Waals surface area contributed by atoms with E-state index in [1.54, 1.807) is 18.0 Å². The number of hydrogen-bond acceptors (Lipinski definition) is 5. The molecule has 5 N–H and O–H groups in total. The molecule has 0 unspecified atom stereocenters. The predicted molar refractivity (Wildman–Crippen MR) is 67.0 cm³/mol. The number of thioether (sulfide) groups is 1. The number of carbonyl (C=O) groups excluding carboxylic acids is 3. The summed E-state index contributed by atoms with van der Waals surface area (Å²) in [5.74, 6) is -0.159. The number of amides is 2. The van der Waals surface area contributed by atoms with Crippen LogP contribution < -0.4 is 16.8 Å². The van der Waals surface area contributed by atoms with Gasteiger partial charge in [0.15, 0.2) is 0 Å². The van der Waals surface area contributed by atoms with Crippen molar-refractivity contribution in [3.8, 4) is 0 Å². The molecule has 6 nitrogen and oxygen atoms in total. The van der Waals surface area contributed by atoms with E-state index < -0.39 is 23.9 Å². The van der Waals surface area contributed by atoms with Crippen molar-refractivity contribution < 1.29 is 14.4 Å². The molecule has 0 rings (SSSR count). The van der Waals surface area contributed by atoms with Crippen molar-refractivity contribution in [2.24, 2.45) is 11.5 Å².